The maximum absolute atomic E-state index is 12.8. The molecule has 0 aromatic heterocycles. The number of aliphatic hydroxyl groups is 1. The molecule has 1 fully saturated rings. The largest absolute Gasteiger partial charge is 0.480 e. The predicted octanol–water partition coefficient (Wildman–Crippen LogP) is 0.464. The molecule has 2 heterocycles. The summed E-state index contributed by atoms with van der Waals surface area (Å²) >= 11 is 1.68. The van der Waals surface area contributed by atoms with Crippen molar-refractivity contribution in [2.24, 2.45) is 0 Å². The lowest BCUT2D eigenvalue weighted by Gasteiger charge is -2.25. The van der Waals surface area contributed by atoms with Gasteiger partial charge in [0.2, 0.25) is 5.91 Å². The standard InChI is InChI=1S/C16H20N2O4S/c1-17(8-15(20)21)12-6-18(7-13(12)19)16(22)11-9-23-14-5-3-2-4-10(11)14/h2-5,11-13,19H,6-9H2,1H3,(H,20,21)/t11-,12-,13+/m0/s1. The molecule has 6 nitrogen and oxygen atoms in total. The normalized spacial score (nSPS) is 26.6. The van der Waals surface area contributed by atoms with Crippen LogP contribution in [-0.2, 0) is 9.59 Å². The molecule has 0 aliphatic carbocycles. The van der Waals surface area contributed by atoms with E-state index in [1.54, 1.807) is 28.6 Å². The molecule has 2 N–H and O–H groups in total. The number of hydrogen-bond acceptors (Lipinski definition) is 5. The van der Waals surface area contributed by atoms with E-state index in [-0.39, 0.29) is 31.0 Å². The van der Waals surface area contributed by atoms with Crippen molar-refractivity contribution in [1.82, 2.24) is 9.80 Å². The topological polar surface area (TPSA) is 81.1 Å². The maximum atomic E-state index is 12.8. The minimum Gasteiger partial charge on any atom is -0.480 e. The van der Waals surface area contributed by atoms with Crippen LogP contribution in [0.15, 0.2) is 29.2 Å². The fraction of sp³-hybridized carbons (Fsp3) is 0.500. The minimum absolute atomic E-state index is 0.0210. The Morgan fingerprint density at radius 1 is 1.35 bits per heavy atom. The van der Waals surface area contributed by atoms with Crippen molar-refractivity contribution in [3.8, 4) is 0 Å². The molecule has 23 heavy (non-hydrogen) atoms. The zero-order valence-electron chi connectivity index (χ0n) is 12.9. The number of likely N-dealkylation sites (tertiary alicyclic amines) is 1. The maximum Gasteiger partial charge on any atom is 0.317 e. The number of aliphatic carboxylic acids is 1. The molecule has 124 valence electrons. The molecule has 1 saturated heterocycles. The predicted molar refractivity (Wildman–Crippen MR) is 86.5 cm³/mol. The van der Waals surface area contributed by atoms with Gasteiger partial charge in [0, 0.05) is 23.7 Å². The van der Waals surface area contributed by atoms with Crippen LogP contribution in [-0.4, -0.2) is 76.5 Å². The summed E-state index contributed by atoms with van der Waals surface area (Å²) in [4.78, 5) is 28.0. The van der Waals surface area contributed by atoms with Crippen LogP contribution in [0.1, 0.15) is 11.5 Å². The second-order valence-corrected chi connectivity index (χ2v) is 7.15. The summed E-state index contributed by atoms with van der Waals surface area (Å²) < 4.78 is 0. The lowest BCUT2D eigenvalue weighted by molar-refractivity contribution is -0.138. The van der Waals surface area contributed by atoms with Crippen molar-refractivity contribution < 1.29 is 19.8 Å². The quantitative estimate of drug-likeness (QED) is 0.832. The van der Waals surface area contributed by atoms with E-state index in [2.05, 4.69) is 0 Å². The van der Waals surface area contributed by atoms with Gasteiger partial charge in [0.05, 0.1) is 24.6 Å². The fourth-order valence-electron chi connectivity index (χ4n) is 3.30. The van der Waals surface area contributed by atoms with Gasteiger partial charge in [-0.3, -0.25) is 14.5 Å². The van der Waals surface area contributed by atoms with Gasteiger partial charge < -0.3 is 15.1 Å². The number of benzene rings is 1. The number of carboxylic acid groups (broad SMARTS) is 1. The Hall–Kier alpha value is -1.57. The van der Waals surface area contributed by atoms with Gasteiger partial charge in [-0.05, 0) is 18.7 Å². The summed E-state index contributed by atoms with van der Waals surface area (Å²) in [5.41, 5.74) is 1.05. The molecule has 0 unspecified atom stereocenters. The lowest BCUT2D eigenvalue weighted by Crippen LogP contribution is -2.43. The molecule has 7 heteroatoms. The van der Waals surface area contributed by atoms with Crippen molar-refractivity contribution >= 4 is 23.6 Å². The average molecular weight is 336 g/mol. The molecule has 0 radical (unpaired) electrons. The van der Waals surface area contributed by atoms with Gasteiger partial charge in [0.15, 0.2) is 0 Å². The summed E-state index contributed by atoms with van der Waals surface area (Å²) in [6, 6.07) is 7.58. The van der Waals surface area contributed by atoms with Crippen LogP contribution in [0.3, 0.4) is 0 Å². The van der Waals surface area contributed by atoms with Crippen molar-refractivity contribution in [3.63, 3.8) is 0 Å². The Bertz CT molecular complexity index is 624. The zero-order valence-corrected chi connectivity index (χ0v) is 13.7. The number of carbonyl (C=O) groups is 2. The number of rotatable bonds is 4. The van der Waals surface area contributed by atoms with Crippen LogP contribution in [0.5, 0.6) is 0 Å². The molecule has 1 amide bonds. The molecule has 2 aliphatic heterocycles. The molecular formula is C16H20N2O4S. The van der Waals surface area contributed by atoms with E-state index in [0.29, 0.717) is 6.54 Å². The fourth-order valence-corrected chi connectivity index (χ4v) is 4.52. The van der Waals surface area contributed by atoms with E-state index in [0.717, 1.165) is 16.2 Å². The molecule has 1 aromatic rings. The van der Waals surface area contributed by atoms with Gasteiger partial charge in [0.25, 0.3) is 0 Å². The van der Waals surface area contributed by atoms with E-state index < -0.39 is 12.1 Å². The molecule has 1 aromatic carbocycles. The number of hydrogen-bond donors (Lipinski definition) is 2. The SMILES string of the molecule is CN(CC(=O)O)[C@H]1CN(C(=O)[C@H]2CSc3ccccc32)C[C@H]1O. The first-order chi connectivity index (χ1) is 11.0. The number of carboxylic acids is 1. The highest BCUT2D eigenvalue weighted by atomic mass is 32.2. The summed E-state index contributed by atoms with van der Waals surface area (Å²) in [6.07, 6.45) is -0.715. The first-order valence-electron chi connectivity index (χ1n) is 7.58. The van der Waals surface area contributed by atoms with Crippen LogP contribution in [0.25, 0.3) is 0 Å². The Labute approximate surface area is 139 Å². The van der Waals surface area contributed by atoms with E-state index in [1.807, 2.05) is 24.3 Å². The summed E-state index contributed by atoms with van der Waals surface area (Å²) in [5.74, 6) is -0.370. The third kappa shape index (κ3) is 3.22. The van der Waals surface area contributed by atoms with E-state index in [9.17, 15) is 14.7 Å². The van der Waals surface area contributed by atoms with Crippen LogP contribution in [0, 0.1) is 0 Å². The number of carbonyl (C=O) groups excluding carboxylic acids is 1. The molecular weight excluding hydrogens is 316 g/mol. The molecule has 0 bridgehead atoms. The molecule has 2 aliphatic rings. The van der Waals surface area contributed by atoms with Crippen molar-refractivity contribution in [2.45, 2.75) is 23.0 Å². The minimum atomic E-state index is -0.939. The average Bonchev–Trinajstić information content (AvgIpc) is 3.09. The lowest BCUT2D eigenvalue weighted by atomic mass is 10.00. The number of β-amino-alcohol motifs (C(OH)–C–C–N with tert-alkyl or cyclic N) is 1. The third-order valence-electron chi connectivity index (χ3n) is 4.52. The number of likely N-dealkylation sites (N-methyl/N-ethyl adjacent to an activating group) is 1. The van der Waals surface area contributed by atoms with Crippen LogP contribution < -0.4 is 0 Å². The van der Waals surface area contributed by atoms with Gasteiger partial charge in [-0.25, -0.2) is 0 Å². The van der Waals surface area contributed by atoms with Crippen molar-refractivity contribution in [1.29, 1.82) is 0 Å². The molecule has 3 rings (SSSR count). The first-order valence-corrected chi connectivity index (χ1v) is 8.56. The van der Waals surface area contributed by atoms with Gasteiger partial charge >= 0.3 is 5.97 Å². The Balaban J connectivity index is 1.69. The third-order valence-corrected chi connectivity index (χ3v) is 5.70. The van der Waals surface area contributed by atoms with Crippen molar-refractivity contribution in [2.75, 3.05) is 32.4 Å². The highest BCUT2D eigenvalue weighted by Gasteiger charge is 2.40. The smallest absolute Gasteiger partial charge is 0.317 e. The summed E-state index contributed by atoms with van der Waals surface area (Å²) in [7, 11) is 1.66. The number of fused-ring (bicyclic) bond motifs is 1. The molecule has 3 atom stereocenters. The van der Waals surface area contributed by atoms with E-state index >= 15 is 0 Å². The van der Waals surface area contributed by atoms with Crippen LogP contribution >= 0.6 is 11.8 Å². The van der Waals surface area contributed by atoms with Gasteiger partial charge in [-0.15, -0.1) is 11.8 Å². The highest BCUT2D eigenvalue weighted by Crippen LogP contribution is 2.40. The highest BCUT2D eigenvalue weighted by molar-refractivity contribution is 7.99. The van der Waals surface area contributed by atoms with Gasteiger partial charge in [0.1, 0.15) is 0 Å². The molecule has 0 spiro atoms. The van der Waals surface area contributed by atoms with E-state index in [4.69, 9.17) is 5.11 Å². The monoisotopic (exact) mass is 336 g/mol. The van der Waals surface area contributed by atoms with E-state index in [1.165, 1.54) is 0 Å². The number of amides is 1. The number of thioether (sulfide) groups is 1. The zero-order chi connectivity index (χ0) is 16.6. The first kappa shape index (κ1) is 16.3. The van der Waals surface area contributed by atoms with Crippen molar-refractivity contribution in [3.05, 3.63) is 29.8 Å². The Morgan fingerprint density at radius 3 is 2.83 bits per heavy atom. The van der Waals surface area contributed by atoms with Crippen LogP contribution in [0.4, 0.5) is 0 Å². The van der Waals surface area contributed by atoms with Gasteiger partial charge in [-0.2, -0.15) is 0 Å². The Morgan fingerprint density at radius 2 is 2.09 bits per heavy atom. The second-order valence-electron chi connectivity index (χ2n) is 6.09. The van der Waals surface area contributed by atoms with Crippen LogP contribution in [0.2, 0.25) is 0 Å². The number of nitrogens with zero attached hydrogens (tertiary/aromatic N) is 2. The number of aliphatic hydroxyl groups excluding tert-OH is 1. The summed E-state index contributed by atoms with van der Waals surface area (Å²) in [6.45, 7) is 0.482. The summed E-state index contributed by atoms with van der Waals surface area (Å²) in [5, 5.41) is 19.1. The second kappa shape index (κ2) is 6.51. The van der Waals surface area contributed by atoms with Gasteiger partial charge in [-0.1, -0.05) is 18.2 Å². The molecule has 0 saturated carbocycles. The Kier molecular flexibility index (Phi) is 4.61.